The van der Waals surface area contributed by atoms with Crippen LogP contribution in [-0.4, -0.2) is 9.55 Å². The van der Waals surface area contributed by atoms with Crippen LogP contribution < -0.4 is 11.3 Å². The first-order valence-electron chi connectivity index (χ1n) is 7.45. The lowest BCUT2D eigenvalue weighted by atomic mass is 10.1. The number of hydrogen-bond acceptors (Lipinski definition) is 3. The van der Waals surface area contributed by atoms with Crippen LogP contribution in [0.1, 0.15) is 25.2 Å². The molecule has 2 N–H and O–H groups in total. The van der Waals surface area contributed by atoms with Gasteiger partial charge < -0.3 is 5.73 Å². The maximum absolute atomic E-state index is 14.0. The monoisotopic (exact) mass is 351 g/mol. The molecule has 130 valence electrons. The van der Waals surface area contributed by atoms with Crippen molar-refractivity contribution in [2.45, 2.75) is 19.4 Å². The van der Waals surface area contributed by atoms with Gasteiger partial charge in [-0.2, -0.15) is 0 Å². The number of nitrogens with zero attached hydrogens (tertiary/aromatic N) is 2. The molecule has 2 aromatic carbocycles. The molecule has 0 aliphatic carbocycles. The molecule has 3 aromatic rings. The van der Waals surface area contributed by atoms with Crippen LogP contribution in [0.5, 0.6) is 0 Å². The fourth-order valence-electron chi connectivity index (χ4n) is 2.58. The van der Waals surface area contributed by atoms with Gasteiger partial charge in [0.25, 0.3) is 5.56 Å². The topological polar surface area (TPSA) is 60.9 Å². The van der Waals surface area contributed by atoms with Crippen LogP contribution in [-0.2, 0) is 0 Å². The first kappa shape index (κ1) is 17.1. The zero-order chi connectivity index (χ0) is 18.3. The van der Waals surface area contributed by atoms with Crippen molar-refractivity contribution in [1.82, 2.24) is 9.55 Å². The van der Waals surface area contributed by atoms with E-state index in [9.17, 15) is 22.4 Å². The Hall–Kier alpha value is -2.74. The minimum Gasteiger partial charge on any atom is -0.321 e. The van der Waals surface area contributed by atoms with E-state index in [1.54, 1.807) is 6.92 Å². The fourth-order valence-corrected chi connectivity index (χ4v) is 2.58. The zero-order valence-corrected chi connectivity index (χ0v) is 13.1. The molecule has 0 radical (unpaired) electrons. The van der Waals surface area contributed by atoms with Crippen LogP contribution >= 0.6 is 0 Å². The van der Waals surface area contributed by atoms with E-state index in [1.807, 2.05) is 0 Å². The predicted octanol–water partition coefficient (Wildman–Crippen LogP) is 3.35. The molecule has 0 fully saturated rings. The molecule has 1 unspecified atom stereocenters. The number of rotatable bonds is 3. The SMILES string of the molecule is CCC(N)c1nc2c(F)cc(F)cc2c(=O)n1-c1cc(F)cc(F)c1. The van der Waals surface area contributed by atoms with Crippen LogP contribution in [0.25, 0.3) is 16.6 Å². The number of nitrogens with two attached hydrogens (primary N) is 1. The largest absolute Gasteiger partial charge is 0.321 e. The normalized spacial score (nSPS) is 12.6. The van der Waals surface area contributed by atoms with E-state index in [0.29, 0.717) is 18.6 Å². The van der Waals surface area contributed by atoms with Crippen LogP contribution in [0.15, 0.2) is 35.1 Å². The Kier molecular flexibility index (Phi) is 4.30. The average Bonchev–Trinajstić information content (AvgIpc) is 2.53. The summed E-state index contributed by atoms with van der Waals surface area (Å²) in [4.78, 5) is 16.8. The summed E-state index contributed by atoms with van der Waals surface area (Å²) in [5, 5.41) is -0.353. The summed E-state index contributed by atoms with van der Waals surface area (Å²) in [6, 6.07) is 3.09. The van der Waals surface area contributed by atoms with E-state index in [0.717, 1.165) is 22.8 Å². The number of fused-ring (bicyclic) bond motifs is 1. The Bertz CT molecular complexity index is 1010. The second kappa shape index (κ2) is 6.29. The van der Waals surface area contributed by atoms with Gasteiger partial charge in [0.05, 0.1) is 17.1 Å². The molecule has 0 saturated carbocycles. The molecule has 1 heterocycles. The van der Waals surface area contributed by atoms with Crippen molar-refractivity contribution in [2.24, 2.45) is 5.73 Å². The first-order chi connectivity index (χ1) is 11.8. The van der Waals surface area contributed by atoms with E-state index in [1.165, 1.54) is 0 Å². The molecular weight excluding hydrogens is 338 g/mol. The first-order valence-corrected chi connectivity index (χ1v) is 7.45. The van der Waals surface area contributed by atoms with Gasteiger partial charge in [-0.3, -0.25) is 9.36 Å². The third-order valence-corrected chi connectivity index (χ3v) is 3.79. The highest BCUT2D eigenvalue weighted by atomic mass is 19.1. The quantitative estimate of drug-likeness (QED) is 0.736. The molecule has 0 aliphatic rings. The lowest BCUT2D eigenvalue weighted by Crippen LogP contribution is -2.29. The Labute approximate surface area is 139 Å². The lowest BCUT2D eigenvalue weighted by Gasteiger charge is -2.18. The van der Waals surface area contributed by atoms with Crippen molar-refractivity contribution < 1.29 is 17.6 Å². The fraction of sp³-hybridized carbons (Fsp3) is 0.176. The van der Waals surface area contributed by atoms with Gasteiger partial charge in [-0.15, -0.1) is 0 Å². The zero-order valence-electron chi connectivity index (χ0n) is 13.1. The number of benzene rings is 2. The van der Waals surface area contributed by atoms with Crippen molar-refractivity contribution >= 4 is 10.9 Å². The highest BCUT2D eigenvalue weighted by Gasteiger charge is 2.20. The van der Waals surface area contributed by atoms with Gasteiger partial charge in [-0.1, -0.05) is 6.92 Å². The van der Waals surface area contributed by atoms with E-state index in [4.69, 9.17) is 5.73 Å². The minimum atomic E-state index is -1.02. The standard InChI is InChI=1S/C17H13F4N3O/c1-2-14(22)16-23-15-12(6-10(20)7-13(15)21)17(25)24(16)11-4-8(18)3-9(19)5-11/h3-7,14H,2,22H2,1H3. The molecule has 1 aromatic heterocycles. The molecule has 1 atom stereocenters. The molecule has 0 saturated heterocycles. The summed E-state index contributed by atoms with van der Waals surface area (Å²) in [5.74, 6) is -3.88. The van der Waals surface area contributed by atoms with Crippen molar-refractivity contribution in [3.63, 3.8) is 0 Å². The Morgan fingerprint density at radius 2 is 1.64 bits per heavy atom. The van der Waals surface area contributed by atoms with Gasteiger partial charge in [-0.25, -0.2) is 22.5 Å². The summed E-state index contributed by atoms with van der Waals surface area (Å²) < 4.78 is 55.6. The highest BCUT2D eigenvalue weighted by Crippen LogP contribution is 2.22. The van der Waals surface area contributed by atoms with E-state index in [2.05, 4.69) is 4.98 Å². The molecule has 25 heavy (non-hydrogen) atoms. The molecule has 0 bridgehead atoms. The van der Waals surface area contributed by atoms with Crippen LogP contribution in [0.3, 0.4) is 0 Å². The minimum absolute atomic E-state index is 0.0736. The smallest absolute Gasteiger partial charge is 0.266 e. The van der Waals surface area contributed by atoms with Gasteiger partial charge >= 0.3 is 0 Å². The Balaban J connectivity index is 2.47. The summed E-state index contributed by atoms with van der Waals surface area (Å²) in [5.41, 5.74) is 4.56. The molecule has 4 nitrogen and oxygen atoms in total. The summed E-state index contributed by atoms with van der Waals surface area (Å²) >= 11 is 0. The van der Waals surface area contributed by atoms with Crippen molar-refractivity contribution in [3.8, 4) is 5.69 Å². The Morgan fingerprint density at radius 1 is 1.04 bits per heavy atom. The Morgan fingerprint density at radius 3 is 2.24 bits per heavy atom. The van der Waals surface area contributed by atoms with Crippen LogP contribution in [0.4, 0.5) is 17.6 Å². The van der Waals surface area contributed by atoms with Crippen LogP contribution in [0.2, 0.25) is 0 Å². The van der Waals surface area contributed by atoms with Crippen molar-refractivity contribution in [2.75, 3.05) is 0 Å². The second-order valence-electron chi connectivity index (χ2n) is 5.54. The molecule has 0 aliphatic heterocycles. The third kappa shape index (κ3) is 3.00. The molecule has 8 heteroatoms. The summed E-state index contributed by atoms with van der Waals surface area (Å²) in [7, 11) is 0. The third-order valence-electron chi connectivity index (χ3n) is 3.79. The average molecular weight is 351 g/mol. The lowest BCUT2D eigenvalue weighted by molar-refractivity contribution is 0.572. The summed E-state index contributed by atoms with van der Waals surface area (Å²) in [6.07, 6.45) is 0.332. The number of aromatic nitrogens is 2. The van der Waals surface area contributed by atoms with Gasteiger partial charge in [0, 0.05) is 12.1 Å². The van der Waals surface area contributed by atoms with E-state index < -0.39 is 34.9 Å². The molecule has 0 spiro atoms. The van der Waals surface area contributed by atoms with Gasteiger partial charge in [0.2, 0.25) is 0 Å². The second-order valence-corrected chi connectivity index (χ2v) is 5.54. The maximum atomic E-state index is 14.0. The maximum Gasteiger partial charge on any atom is 0.266 e. The van der Waals surface area contributed by atoms with Crippen LogP contribution in [0, 0.1) is 23.3 Å². The molecule has 0 amide bonds. The van der Waals surface area contributed by atoms with Crippen molar-refractivity contribution in [1.29, 1.82) is 0 Å². The van der Waals surface area contributed by atoms with Gasteiger partial charge in [0.15, 0.2) is 5.82 Å². The van der Waals surface area contributed by atoms with Crippen molar-refractivity contribution in [3.05, 3.63) is 69.8 Å². The summed E-state index contributed by atoms with van der Waals surface area (Å²) in [6.45, 7) is 1.71. The molecule has 3 rings (SSSR count). The van der Waals surface area contributed by atoms with E-state index >= 15 is 0 Å². The molecular formula is C17H13F4N3O. The van der Waals surface area contributed by atoms with E-state index in [-0.39, 0.29) is 22.4 Å². The van der Waals surface area contributed by atoms with Gasteiger partial charge in [0.1, 0.15) is 28.8 Å². The predicted molar refractivity (Wildman–Crippen MR) is 84.4 cm³/mol. The number of halogens is 4. The number of hydrogen-bond donors (Lipinski definition) is 1. The van der Waals surface area contributed by atoms with Gasteiger partial charge in [-0.05, 0) is 24.6 Å². The highest BCUT2D eigenvalue weighted by molar-refractivity contribution is 5.78.